The van der Waals surface area contributed by atoms with Crippen molar-refractivity contribution in [3.8, 4) is 0 Å². The number of carbonyl (C=O) groups is 1. The first-order valence-electron chi connectivity index (χ1n) is 4.42. The Morgan fingerprint density at radius 1 is 1.43 bits per heavy atom. The van der Waals surface area contributed by atoms with Gasteiger partial charge in [0.15, 0.2) is 0 Å². The van der Waals surface area contributed by atoms with Crippen LogP contribution in [0.3, 0.4) is 0 Å². The third-order valence-electron chi connectivity index (χ3n) is 2.20. The fourth-order valence-electron chi connectivity index (χ4n) is 1.48. The predicted octanol–water partition coefficient (Wildman–Crippen LogP) is 2.95. The molecular formula is C10H10ClNOS. The molecule has 0 unspecified atom stereocenters. The first-order chi connectivity index (χ1) is 6.77. The normalized spacial score (nSPS) is 15.9. The number of halogens is 1. The third-order valence-corrected chi connectivity index (χ3v) is 3.54. The summed E-state index contributed by atoms with van der Waals surface area (Å²) in [6.07, 6.45) is 0. The minimum atomic E-state index is -0.359. The standard InChI is InChI=1S/C10H10ClNOS/c11-10(13)12-5-6-14-9-4-2-1-3-8(9)7-12/h1-4H,5-7H2. The van der Waals surface area contributed by atoms with E-state index in [1.165, 1.54) is 10.5 Å². The molecule has 14 heavy (non-hydrogen) atoms. The van der Waals surface area contributed by atoms with Gasteiger partial charge in [0.05, 0.1) is 0 Å². The quantitative estimate of drug-likeness (QED) is 0.502. The summed E-state index contributed by atoms with van der Waals surface area (Å²) in [5.41, 5.74) is 1.18. The van der Waals surface area contributed by atoms with Crippen LogP contribution < -0.4 is 0 Å². The van der Waals surface area contributed by atoms with Crippen LogP contribution in [0.25, 0.3) is 0 Å². The van der Waals surface area contributed by atoms with Crippen molar-refractivity contribution in [1.29, 1.82) is 0 Å². The van der Waals surface area contributed by atoms with Gasteiger partial charge in [-0.15, -0.1) is 11.8 Å². The number of amides is 1. The lowest BCUT2D eigenvalue weighted by Crippen LogP contribution is -2.26. The summed E-state index contributed by atoms with van der Waals surface area (Å²) in [5, 5.41) is -0.359. The lowest BCUT2D eigenvalue weighted by atomic mass is 10.2. The van der Waals surface area contributed by atoms with E-state index in [-0.39, 0.29) is 5.37 Å². The molecule has 0 radical (unpaired) electrons. The maximum Gasteiger partial charge on any atom is 0.316 e. The van der Waals surface area contributed by atoms with E-state index in [0.717, 1.165) is 12.3 Å². The van der Waals surface area contributed by atoms with Crippen molar-refractivity contribution in [2.24, 2.45) is 0 Å². The Bertz CT molecular complexity index is 356. The summed E-state index contributed by atoms with van der Waals surface area (Å²) < 4.78 is 0. The molecule has 0 saturated carbocycles. The van der Waals surface area contributed by atoms with Crippen LogP contribution >= 0.6 is 23.4 Å². The summed E-state index contributed by atoms with van der Waals surface area (Å²) in [4.78, 5) is 14.0. The number of hydrogen-bond donors (Lipinski definition) is 0. The van der Waals surface area contributed by atoms with Crippen molar-refractivity contribution < 1.29 is 4.79 Å². The molecule has 0 atom stereocenters. The van der Waals surface area contributed by atoms with Gasteiger partial charge in [-0.25, -0.2) is 0 Å². The average molecular weight is 228 g/mol. The Morgan fingerprint density at radius 3 is 3.00 bits per heavy atom. The number of rotatable bonds is 0. The molecule has 0 fully saturated rings. The van der Waals surface area contributed by atoms with Gasteiger partial charge < -0.3 is 4.90 Å². The van der Waals surface area contributed by atoms with Crippen LogP contribution in [0, 0.1) is 0 Å². The maximum absolute atomic E-state index is 11.0. The molecular weight excluding hydrogens is 218 g/mol. The van der Waals surface area contributed by atoms with Crippen molar-refractivity contribution in [2.45, 2.75) is 11.4 Å². The fourth-order valence-corrected chi connectivity index (χ4v) is 2.64. The molecule has 0 saturated heterocycles. The third kappa shape index (κ3) is 2.04. The number of hydrogen-bond acceptors (Lipinski definition) is 2. The minimum Gasteiger partial charge on any atom is -0.324 e. The molecule has 4 heteroatoms. The van der Waals surface area contributed by atoms with Crippen LogP contribution in [0.4, 0.5) is 4.79 Å². The van der Waals surface area contributed by atoms with Crippen molar-refractivity contribution in [3.05, 3.63) is 29.8 Å². The van der Waals surface area contributed by atoms with Crippen molar-refractivity contribution >= 4 is 28.7 Å². The minimum absolute atomic E-state index is 0.359. The highest BCUT2D eigenvalue weighted by Crippen LogP contribution is 2.27. The van der Waals surface area contributed by atoms with E-state index in [9.17, 15) is 4.79 Å². The topological polar surface area (TPSA) is 20.3 Å². The second-order valence-electron chi connectivity index (χ2n) is 3.13. The summed E-state index contributed by atoms with van der Waals surface area (Å²) >= 11 is 7.25. The second-order valence-corrected chi connectivity index (χ2v) is 4.59. The average Bonchev–Trinajstić information content (AvgIpc) is 2.39. The number of benzene rings is 1. The van der Waals surface area contributed by atoms with Crippen molar-refractivity contribution in [2.75, 3.05) is 12.3 Å². The van der Waals surface area contributed by atoms with Gasteiger partial charge in [-0.2, -0.15) is 0 Å². The molecule has 74 valence electrons. The largest absolute Gasteiger partial charge is 0.324 e. The molecule has 1 aromatic rings. The number of nitrogens with zero attached hydrogens (tertiary/aromatic N) is 1. The molecule has 1 aliphatic rings. The van der Waals surface area contributed by atoms with E-state index in [2.05, 4.69) is 6.07 Å². The Hall–Kier alpha value is -0.670. The molecule has 1 heterocycles. The molecule has 0 aromatic heterocycles. The maximum atomic E-state index is 11.0. The second kappa shape index (κ2) is 4.24. The molecule has 1 amide bonds. The van der Waals surface area contributed by atoms with Crippen LogP contribution in [0.1, 0.15) is 5.56 Å². The highest BCUT2D eigenvalue weighted by molar-refractivity contribution is 7.99. The van der Waals surface area contributed by atoms with Crippen LogP contribution in [-0.2, 0) is 6.54 Å². The molecule has 1 aromatic carbocycles. The van der Waals surface area contributed by atoms with E-state index in [0.29, 0.717) is 6.54 Å². The van der Waals surface area contributed by atoms with Gasteiger partial charge in [-0.1, -0.05) is 18.2 Å². The van der Waals surface area contributed by atoms with Gasteiger partial charge in [0, 0.05) is 23.7 Å². The van der Waals surface area contributed by atoms with Gasteiger partial charge >= 0.3 is 5.37 Å². The summed E-state index contributed by atoms with van der Waals surface area (Å²) in [7, 11) is 0. The van der Waals surface area contributed by atoms with Crippen LogP contribution in [0.2, 0.25) is 0 Å². The predicted molar refractivity (Wildman–Crippen MR) is 58.8 cm³/mol. The first-order valence-corrected chi connectivity index (χ1v) is 5.79. The van der Waals surface area contributed by atoms with Crippen LogP contribution in [0.5, 0.6) is 0 Å². The van der Waals surface area contributed by atoms with Crippen molar-refractivity contribution in [1.82, 2.24) is 4.90 Å². The monoisotopic (exact) mass is 227 g/mol. The van der Waals surface area contributed by atoms with Gasteiger partial charge in [-0.3, -0.25) is 4.79 Å². The van der Waals surface area contributed by atoms with Gasteiger partial charge in [0.1, 0.15) is 0 Å². The molecule has 0 spiro atoms. The van der Waals surface area contributed by atoms with Crippen molar-refractivity contribution in [3.63, 3.8) is 0 Å². The fraction of sp³-hybridized carbons (Fsp3) is 0.300. The molecule has 2 rings (SSSR count). The zero-order valence-corrected chi connectivity index (χ0v) is 9.14. The molecule has 1 aliphatic heterocycles. The number of thioether (sulfide) groups is 1. The summed E-state index contributed by atoms with van der Waals surface area (Å²) in [6, 6.07) is 8.13. The van der Waals surface area contributed by atoms with E-state index in [1.807, 2.05) is 18.2 Å². The molecule has 0 aliphatic carbocycles. The zero-order valence-electron chi connectivity index (χ0n) is 7.57. The van der Waals surface area contributed by atoms with E-state index in [1.54, 1.807) is 16.7 Å². The van der Waals surface area contributed by atoms with Gasteiger partial charge in [-0.05, 0) is 23.2 Å². The Balaban J connectivity index is 2.26. The molecule has 0 bridgehead atoms. The summed E-state index contributed by atoms with van der Waals surface area (Å²) in [5.74, 6) is 0.912. The SMILES string of the molecule is O=C(Cl)N1CCSc2ccccc2C1. The lowest BCUT2D eigenvalue weighted by Gasteiger charge is -2.16. The molecule has 0 N–H and O–H groups in total. The zero-order chi connectivity index (χ0) is 9.97. The van der Waals surface area contributed by atoms with Gasteiger partial charge in [0.2, 0.25) is 0 Å². The Morgan fingerprint density at radius 2 is 2.21 bits per heavy atom. The highest BCUT2D eigenvalue weighted by Gasteiger charge is 2.16. The van der Waals surface area contributed by atoms with Gasteiger partial charge in [0.25, 0.3) is 0 Å². The van der Waals surface area contributed by atoms with E-state index in [4.69, 9.17) is 11.6 Å². The molecule has 2 nitrogen and oxygen atoms in total. The number of fused-ring (bicyclic) bond motifs is 1. The van der Waals surface area contributed by atoms with E-state index < -0.39 is 0 Å². The number of carbonyl (C=O) groups excluding carboxylic acids is 1. The van der Waals surface area contributed by atoms with Crippen LogP contribution in [0.15, 0.2) is 29.2 Å². The Labute approximate surface area is 92.2 Å². The first kappa shape index (κ1) is 9.87. The summed E-state index contributed by atoms with van der Waals surface area (Å²) in [6.45, 7) is 1.35. The Kier molecular flexibility index (Phi) is 2.99. The van der Waals surface area contributed by atoms with Crippen LogP contribution in [-0.4, -0.2) is 22.6 Å². The smallest absolute Gasteiger partial charge is 0.316 e. The van der Waals surface area contributed by atoms with E-state index >= 15 is 0 Å². The highest BCUT2D eigenvalue weighted by atomic mass is 35.5. The lowest BCUT2D eigenvalue weighted by molar-refractivity contribution is 0.223.